The van der Waals surface area contributed by atoms with Crippen LogP contribution in [-0.2, 0) is 16.1 Å². The maximum atomic E-state index is 13.8. The van der Waals surface area contributed by atoms with Gasteiger partial charge in [-0.2, -0.15) is 0 Å². The van der Waals surface area contributed by atoms with E-state index in [9.17, 15) is 14.4 Å². The normalized spacial score (nSPS) is 16.0. The van der Waals surface area contributed by atoms with Gasteiger partial charge in [-0.25, -0.2) is 0 Å². The number of hydrogen-bond acceptors (Lipinski definition) is 3. The Bertz CT molecular complexity index is 1330. The highest BCUT2D eigenvalue weighted by Gasteiger charge is 2.35. The smallest absolute Gasteiger partial charge is 0.259 e. The zero-order chi connectivity index (χ0) is 25.4. The van der Waals surface area contributed by atoms with Crippen molar-refractivity contribution in [2.75, 3.05) is 11.4 Å². The molecule has 8 heteroatoms. The third kappa shape index (κ3) is 4.56. The predicted octanol–water partition coefficient (Wildman–Crippen LogP) is 5.58. The standard InChI is InChI=1S/C28H27Cl2N3O3/c1-17(27(35)31-19-9-2-3-10-19)32(15-21-22(29)12-6-13-23(21)30)25(34)16-33-24-14-5-8-18-7-4-11-20(26(18)24)28(33)36/h4-8,11-14,17,19H,2-3,9-10,15-16H2,1H3,(H,31,35)/t17-/m0/s1. The fraction of sp³-hybridized carbons (Fsp3) is 0.321. The quantitative estimate of drug-likeness (QED) is 0.439. The van der Waals surface area contributed by atoms with Crippen LogP contribution in [0.15, 0.2) is 54.6 Å². The number of halogens is 2. The van der Waals surface area contributed by atoms with Gasteiger partial charge in [0.25, 0.3) is 5.91 Å². The number of benzene rings is 3. The van der Waals surface area contributed by atoms with E-state index >= 15 is 0 Å². The number of carbonyl (C=O) groups excluding carboxylic acids is 3. The molecular weight excluding hydrogens is 497 g/mol. The van der Waals surface area contributed by atoms with Gasteiger partial charge in [0, 0.05) is 39.1 Å². The Labute approximate surface area is 220 Å². The van der Waals surface area contributed by atoms with Crippen molar-refractivity contribution in [2.24, 2.45) is 0 Å². The van der Waals surface area contributed by atoms with Crippen molar-refractivity contribution in [3.05, 3.63) is 75.8 Å². The third-order valence-electron chi connectivity index (χ3n) is 7.20. The summed E-state index contributed by atoms with van der Waals surface area (Å²) >= 11 is 12.8. The fourth-order valence-electron chi connectivity index (χ4n) is 5.19. The molecule has 1 saturated carbocycles. The highest BCUT2D eigenvalue weighted by Crippen LogP contribution is 2.37. The van der Waals surface area contributed by atoms with Gasteiger partial charge >= 0.3 is 0 Å². The van der Waals surface area contributed by atoms with Crippen LogP contribution in [0.5, 0.6) is 0 Å². The number of hydrogen-bond donors (Lipinski definition) is 1. The molecule has 0 aromatic heterocycles. The average molecular weight is 524 g/mol. The first-order valence-corrected chi connectivity index (χ1v) is 13.0. The number of anilines is 1. The lowest BCUT2D eigenvalue weighted by atomic mass is 10.1. The molecule has 0 radical (unpaired) electrons. The molecule has 186 valence electrons. The Morgan fingerprint density at radius 3 is 2.36 bits per heavy atom. The molecule has 0 spiro atoms. The van der Waals surface area contributed by atoms with E-state index in [-0.39, 0.29) is 36.9 Å². The van der Waals surface area contributed by atoms with Gasteiger partial charge in [-0.1, -0.05) is 66.4 Å². The van der Waals surface area contributed by atoms with Crippen molar-refractivity contribution in [3.63, 3.8) is 0 Å². The number of nitrogens with zero attached hydrogens (tertiary/aromatic N) is 2. The van der Waals surface area contributed by atoms with Crippen molar-refractivity contribution in [3.8, 4) is 0 Å². The van der Waals surface area contributed by atoms with Crippen LogP contribution in [0.25, 0.3) is 10.8 Å². The molecular formula is C28H27Cl2N3O3. The molecule has 0 bridgehead atoms. The van der Waals surface area contributed by atoms with Crippen molar-refractivity contribution in [2.45, 2.75) is 51.2 Å². The van der Waals surface area contributed by atoms with E-state index in [4.69, 9.17) is 23.2 Å². The minimum absolute atomic E-state index is 0.0514. The van der Waals surface area contributed by atoms with Gasteiger partial charge in [0.2, 0.25) is 11.8 Å². The minimum atomic E-state index is -0.777. The van der Waals surface area contributed by atoms with Crippen LogP contribution in [-0.4, -0.2) is 41.2 Å². The predicted molar refractivity (Wildman–Crippen MR) is 142 cm³/mol. The van der Waals surface area contributed by atoms with E-state index in [0.29, 0.717) is 26.9 Å². The third-order valence-corrected chi connectivity index (χ3v) is 7.91. The van der Waals surface area contributed by atoms with Gasteiger partial charge in [-0.3, -0.25) is 19.3 Å². The topological polar surface area (TPSA) is 69.7 Å². The van der Waals surface area contributed by atoms with Gasteiger partial charge < -0.3 is 10.2 Å². The monoisotopic (exact) mass is 523 g/mol. The van der Waals surface area contributed by atoms with Crippen LogP contribution < -0.4 is 10.2 Å². The number of rotatable bonds is 7. The molecule has 1 aliphatic carbocycles. The summed E-state index contributed by atoms with van der Waals surface area (Å²) in [4.78, 5) is 43.2. The lowest BCUT2D eigenvalue weighted by molar-refractivity contribution is -0.139. The lowest BCUT2D eigenvalue weighted by Crippen LogP contribution is -2.52. The van der Waals surface area contributed by atoms with Crippen LogP contribution in [0.4, 0.5) is 5.69 Å². The van der Waals surface area contributed by atoms with E-state index in [2.05, 4.69) is 5.32 Å². The molecule has 3 aromatic rings. The Balaban J connectivity index is 1.44. The highest BCUT2D eigenvalue weighted by atomic mass is 35.5. The first-order valence-electron chi connectivity index (χ1n) is 12.2. The molecule has 1 N–H and O–H groups in total. The number of nitrogens with one attached hydrogen (secondary N) is 1. The second kappa shape index (κ2) is 10.1. The highest BCUT2D eigenvalue weighted by molar-refractivity contribution is 6.36. The van der Waals surface area contributed by atoms with Gasteiger partial charge in [-0.05, 0) is 49.4 Å². The first kappa shape index (κ1) is 24.6. The molecule has 1 heterocycles. The SMILES string of the molecule is C[C@@H](C(=O)NC1CCCC1)N(Cc1c(Cl)cccc1Cl)C(=O)CN1C(=O)c2cccc3cccc1c23. The maximum absolute atomic E-state index is 13.8. The molecule has 5 rings (SSSR count). The van der Waals surface area contributed by atoms with Gasteiger partial charge in [0.05, 0.1) is 5.69 Å². The summed E-state index contributed by atoms with van der Waals surface area (Å²) in [6.45, 7) is 1.56. The van der Waals surface area contributed by atoms with E-state index in [1.165, 1.54) is 9.80 Å². The summed E-state index contributed by atoms with van der Waals surface area (Å²) < 4.78 is 0. The van der Waals surface area contributed by atoms with E-state index in [1.54, 1.807) is 31.2 Å². The summed E-state index contributed by atoms with van der Waals surface area (Å²) in [6.07, 6.45) is 4.04. The summed E-state index contributed by atoms with van der Waals surface area (Å²) in [5.74, 6) is -0.816. The molecule has 0 saturated heterocycles. The fourth-order valence-corrected chi connectivity index (χ4v) is 5.71. The average Bonchev–Trinajstić information content (AvgIpc) is 3.47. The molecule has 6 nitrogen and oxygen atoms in total. The van der Waals surface area contributed by atoms with Crippen LogP contribution in [0.3, 0.4) is 0 Å². The summed E-state index contributed by atoms with van der Waals surface area (Å²) in [6, 6.07) is 15.7. The Kier molecular flexibility index (Phi) is 6.91. The molecule has 1 fully saturated rings. The van der Waals surface area contributed by atoms with Crippen molar-refractivity contribution in [1.82, 2.24) is 10.2 Å². The van der Waals surface area contributed by atoms with Crippen LogP contribution in [0, 0.1) is 0 Å². The second-order valence-electron chi connectivity index (χ2n) is 9.46. The molecule has 1 aliphatic heterocycles. The maximum Gasteiger partial charge on any atom is 0.259 e. The van der Waals surface area contributed by atoms with Crippen LogP contribution >= 0.6 is 23.2 Å². The molecule has 2 aliphatic rings. The molecule has 36 heavy (non-hydrogen) atoms. The second-order valence-corrected chi connectivity index (χ2v) is 10.3. The largest absolute Gasteiger partial charge is 0.352 e. The molecule has 1 atom stereocenters. The van der Waals surface area contributed by atoms with Gasteiger partial charge in [0.15, 0.2) is 0 Å². The number of carbonyl (C=O) groups is 3. The Morgan fingerprint density at radius 2 is 1.67 bits per heavy atom. The van der Waals surface area contributed by atoms with Crippen molar-refractivity contribution in [1.29, 1.82) is 0 Å². The van der Waals surface area contributed by atoms with E-state index < -0.39 is 6.04 Å². The molecule has 3 amide bonds. The summed E-state index contributed by atoms with van der Waals surface area (Å²) in [5.41, 5.74) is 1.83. The van der Waals surface area contributed by atoms with E-state index in [0.717, 1.165) is 36.5 Å². The van der Waals surface area contributed by atoms with Crippen LogP contribution in [0.2, 0.25) is 10.0 Å². The first-order chi connectivity index (χ1) is 17.3. The molecule has 3 aromatic carbocycles. The van der Waals surface area contributed by atoms with Crippen LogP contribution in [0.1, 0.15) is 48.5 Å². The van der Waals surface area contributed by atoms with Gasteiger partial charge in [-0.15, -0.1) is 0 Å². The molecule has 0 unspecified atom stereocenters. The van der Waals surface area contributed by atoms with Crippen molar-refractivity contribution < 1.29 is 14.4 Å². The summed E-state index contributed by atoms with van der Waals surface area (Å²) in [5, 5.41) is 5.69. The summed E-state index contributed by atoms with van der Waals surface area (Å²) in [7, 11) is 0. The van der Waals surface area contributed by atoms with Crippen molar-refractivity contribution >= 4 is 57.4 Å². The zero-order valence-electron chi connectivity index (χ0n) is 20.0. The minimum Gasteiger partial charge on any atom is -0.352 e. The Morgan fingerprint density at radius 1 is 1.03 bits per heavy atom. The van der Waals surface area contributed by atoms with E-state index in [1.807, 2.05) is 30.3 Å². The lowest BCUT2D eigenvalue weighted by Gasteiger charge is -2.31. The number of amides is 3. The van der Waals surface area contributed by atoms with Gasteiger partial charge in [0.1, 0.15) is 12.6 Å². The Hall–Kier alpha value is -3.09. The zero-order valence-corrected chi connectivity index (χ0v) is 21.5.